The third kappa shape index (κ3) is 3.01. The minimum atomic E-state index is 0.552. The van der Waals surface area contributed by atoms with Crippen molar-refractivity contribution in [2.45, 2.75) is 45.1 Å². The lowest BCUT2D eigenvalue weighted by Gasteiger charge is -2.27. The van der Waals surface area contributed by atoms with E-state index >= 15 is 0 Å². The van der Waals surface area contributed by atoms with Crippen LogP contribution in [0, 0.1) is 0 Å². The van der Waals surface area contributed by atoms with Gasteiger partial charge in [-0.2, -0.15) is 0 Å². The van der Waals surface area contributed by atoms with Gasteiger partial charge in [0.15, 0.2) is 0 Å². The summed E-state index contributed by atoms with van der Waals surface area (Å²) in [5.41, 5.74) is 2.94. The molecular formula is C15H23NO. The smallest absolute Gasteiger partial charge is 0.119 e. The Morgan fingerprint density at radius 3 is 3.00 bits per heavy atom. The summed E-state index contributed by atoms with van der Waals surface area (Å²) in [6.45, 7) is 3.35. The molecule has 0 spiro atoms. The molecule has 1 aromatic rings. The predicted molar refractivity (Wildman–Crippen MR) is 71.6 cm³/mol. The Morgan fingerprint density at radius 1 is 1.35 bits per heavy atom. The number of methoxy groups -OCH3 is 1. The van der Waals surface area contributed by atoms with Crippen molar-refractivity contribution in [2.75, 3.05) is 13.7 Å². The zero-order valence-electron chi connectivity index (χ0n) is 11.0. The van der Waals surface area contributed by atoms with Crippen LogP contribution in [-0.2, 0) is 6.42 Å². The molecule has 1 atom stereocenters. The summed E-state index contributed by atoms with van der Waals surface area (Å²) in [7, 11) is 1.74. The van der Waals surface area contributed by atoms with Gasteiger partial charge in [0.1, 0.15) is 5.75 Å². The fourth-order valence-electron chi connectivity index (χ4n) is 2.61. The number of ether oxygens (including phenoxy) is 1. The van der Waals surface area contributed by atoms with E-state index in [1.807, 2.05) is 0 Å². The fraction of sp³-hybridized carbons (Fsp3) is 0.600. The molecule has 1 aromatic carbocycles. The summed E-state index contributed by atoms with van der Waals surface area (Å²) >= 11 is 0. The third-order valence-corrected chi connectivity index (χ3v) is 3.61. The van der Waals surface area contributed by atoms with Gasteiger partial charge in [-0.25, -0.2) is 0 Å². The number of hydrogen-bond acceptors (Lipinski definition) is 2. The number of hydrogen-bond donors (Lipinski definition) is 1. The molecule has 2 nitrogen and oxygen atoms in total. The number of rotatable bonds is 5. The van der Waals surface area contributed by atoms with E-state index in [-0.39, 0.29) is 0 Å². The van der Waals surface area contributed by atoms with Gasteiger partial charge < -0.3 is 10.1 Å². The molecule has 2 rings (SSSR count). The Bertz CT molecular complexity index is 362. The Kier molecular flexibility index (Phi) is 4.43. The van der Waals surface area contributed by atoms with Gasteiger partial charge >= 0.3 is 0 Å². The molecule has 0 fully saturated rings. The van der Waals surface area contributed by atoms with E-state index in [1.54, 1.807) is 7.11 Å². The fourth-order valence-corrected chi connectivity index (χ4v) is 2.61. The van der Waals surface area contributed by atoms with Crippen LogP contribution in [0.5, 0.6) is 5.75 Å². The summed E-state index contributed by atoms with van der Waals surface area (Å²) in [5, 5.41) is 3.63. The molecule has 0 aromatic heterocycles. The van der Waals surface area contributed by atoms with E-state index in [1.165, 1.54) is 36.8 Å². The van der Waals surface area contributed by atoms with Crippen LogP contribution in [0.3, 0.4) is 0 Å². The molecule has 0 saturated carbocycles. The Morgan fingerprint density at radius 2 is 2.24 bits per heavy atom. The molecule has 0 radical (unpaired) electrons. The minimum Gasteiger partial charge on any atom is -0.497 e. The van der Waals surface area contributed by atoms with Crippen LogP contribution < -0.4 is 10.1 Å². The van der Waals surface area contributed by atoms with Crippen LogP contribution in [0.15, 0.2) is 18.2 Å². The largest absolute Gasteiger partial charge is 0.497 e. The van der Waals surface area contributed by atoms with Gasteiger partial charge in [0, 0.05) is 6.04 Å². The molecular weight excluding hydrogens is 210 g/mol. The van der Waals surface area contributed by atoms with Gasteiger partial charge in [-0.3, -0.25) is 0 Å². The summed E-state index contributed by atoms with van der Waals surface area (Å²) < 4.78 is 5.29. The molecule has 1 N–H and O–H groups in total. The zero-order valence-corrected chi connectivity index (χ0v) is 11.0. The van der Waals surface area contributed by atoms with E-state index in [0.29, 0.717) is 6.04 Å². The molecule has 0 aliphatic carbocycles. The molecule has 0 saturated heterocycles. The first kappa shape index (κ1) is 12.4. The second-order valence-electron chi connectivity index (χ2n) is 4.82. The molecule has 0 bridgehead atoms. The Balaban J connectivity index is 2.08. The zero-order chi connectivity index (χ0) is 12.1. The van der Waals surface area contributed by atoms with Crippen molar-refractivity contribution in [1.82, 2.24) is 5.32 Å². The molecule has 17 heavy (non-hydrogen) atoms. The lowest BCUT2D eigenvalue weighted by atomic mass is 9.91. The van der Waals surface area contributed by atoms with Crippen molar-refractivity contribution in [2.24, 2.45) is 0 Å². The first-order valence-corrected chi connectivity index (χ1v) is 6.75. The predicted octanol–water partition coefficient (Wildman–Crippen LogP) is 3.46. The van der Waals surface area contributed by atoms with Crippen LogP contribution in [0.1, 0.15) is 49.8 Å². The van der Waals surface area contributed by atoms with Gasteiger partial charge in [0.05, 0.1) is 7.11 Å². The first-order valence-electron chi connectivity index (χ1n) is 6.75. The third-order valence-electron chi connectivity index (χ3n) is 3.61. The number of unbranched alkanes of at least 4 members (excludes halogenated alkanes) is 2. The summed E-state index contributed by atoms with van der Waals surface area (Å²) in [4.78, 5) is 0. The lowest BCUT2D eigenvalue weighted by Crippen LogP contribution is -2.29. The topological polar surface area (TPSA) is 21.3 Å². The van der Waals surface area contributed by atoms with E-state index in [4.69, 9.17) is 4.74 Å². The number of fused-ring (bicyclic) bond motifs is 1. The average Bonchev–Trinajstić information content (AvgIpc) is 2.38. The standard InChI is InChI=1S/C15H23NO/c1-3-4-5-6-15-14-8-7-13(17-2)11-12(14)9-10-16-15/h7-8,11,15-16H,3-6,9-10H2,1-2H3. The quantitative estimate of drug-likeness (QED) is 0.786. The van der Waals surface area contributed by atoms with E-state index in [2.05, 4.69) is 30.4 Å². The highest BCUT2D eigenvalue weighted by Crippen LogP contribution is 2.29. The van der Waals surface area contributed by atoms with Crippen LogP contribution in [0.4, 0.5) is 0 Å². The second-order valence-corrected chi connectivity index (χ2v) is 4.82. The number of benzene rings is 1. The molecule has 1 unspecified atom stereocenters. The molecule has 0 amide bonds. The lowest BCUT2D eigenvalue weighted by molar-refractivity contribution is 0.410. The highest BCUT2D eigenvalue weighted by molar-refractivity contribution is 5.39. The van der Waals surface area contributed by atoms with Gasteiger partial charge in [-0.15, -0.1) is 0 Å². The Hall–Kier alpha value is -1.02. The summed E-state index contributed by atoms with van der Waals surface area (Å²) in [5.74, 6) is 0.984. The van der Waals surface area contributed by atoms with Crippen molar-refractivity contribution in [3.8, 4) is 5.75 Å². The normalized spacial score (nSPS) is 18.8. The van der Waals surface area contributed by atoms with E-state index < -0.39 is 0 Å². The first-order chi connectivity index (χ1) is 8.35. The van der Waals surface area contributed by atoms with Crippen molar-refractivity contribution in [3.63, 3.8) is 0 Å². The minimum absolute atomic E-state index is 0.552. The summed E-state index contributed by atoms with van der Waals surface area (Å²) in [6, 6.07) is 7.06. The van der Waals surface area contributed by atoms with Crippen molar-refractivity contribution < 1.29 is 4.74 Å². The highest BCUT2D eigenvalue weighted by atomic mass is 16.5. The molecule has 1 aliphatic rings. The van der Waals surface area contributed by atoms with Gasteiger partial charge in [0.25, 0.3) is 0 Å². The molecule has 94 valence electrons. The van der Waals surface area contributed by atoms with Gasteiger partial charge in [-0.1, -0.05) is 32.3 Å². The van der Waals surface area contributed by atoms with Crippen LogP contribution in [-0.4, -0.2) is 13.7 Å². The van der Waals surface area contributed by atoms with Crippen LogP contribution in [0.2, 0.25) is 0 Å². The highest BCUT2D eigenvalue weighted by Gasteiger charge is 2.19. The SMILES string of the molecule is CCCCCC1NCCc2cc(OC)ccc21. The maximum atomic E-state index is 5.29. The van der Waals surface area contributed by atoms with E-state index in [0.717, 1.165) is 18.7 Å². The molecule has 1 aliphatic heterocycles. The Labute approximate surface area is 104 Å². The summed E-state index contributed by atoms with van der Waals surface area (Å²) in [6.07, 6.45) is 6.33. The maximum Gasteiger partial charge on any atom is 0.119 e. The maximum absolute atomic E-state index is 5.29. The molecule has 1 heterocycles. The second kappa shape index (κ2) is 6.06. The van der Waals surface area contributed by atoms with Crippen molar-refractivity contribution in [3.05, 3.63) is 29.3 Å². The van der Waals surface area contributed by atoms with E-state index in [9.17, 15) is 0 Å². The van der Waals surface area contributed by atoms with Crippen LogP contribution >= 0.6 is 0 Å². The van der Waals surface area contributed by atoms with Crippen LogP contribution in [0.25, 0.3) is 0 Å². The molecule has 2 heteroatoms. The van der Waals surface area contributed by atoms with Crippen molar-refractivity contribution >= 4 is 0 Å². The number of nitrogens with one attached hydrogen (secondary N) is 1. The van der Waals surface area contributed by atoms with Crippen molar-refractivity contribution in [1.29, 1.82) is 0 Å². The van der Waals surface area contributed by atoms with Gasteiger partial charge in [0.2, 0.25) is 0 Å². The monoisotopic (exact) mass is 233 g/mol. The average molecular weight is 233 g/mol. The van der Waals surface area contributed by atoms with Gasteiger partial charge in [-0.05, 0) is 42.6 Å².